The summed E-state index contributed by atoms with van der Waals surface area (Å²) in [4.78, 5) is 22.5. The van der Waals surface area contributed by atoms with Gasteiger partial charge in [-0.05, 0) is 25.1 Å². The first-order valence-corrected chi connectivity index (χ1v) is 6.33. The van der Waals surface area contributed by atoms with E-state index in [1.807, 2.05) is 5.32 Å². The van der Waals surface area contributed by atoms with Crippen LogP contribution in [0.4, 0.5) is 31.1 Å². The molecule has 1 aromatic rings. The van der Waals surface area contributed by atoms with Crippen molar-refractivity contribution in [3.8, 4) is 5.75 Å². The van der Waals surface area contributed by atoms with E-state index >= 15 is 0 Å². The van der Waals surface area contributed by atoms with E-state index in [0.29, 0.717) is 12.1 Å². The lowest BCUT2D eigenvalue weighted by Crippen LogP contribution is -2.44. The number of halogens is 6. The molecule has 134 valence electrons. The van der Waals surface area contributed by atoms with Gasteiger partial charge in [0.1, 0.15) is 5.75 Å². The molecule has 0 saturated carbocycles. The van der Waals surface area contributed by atoms with Crippen LogP contribution in [0.2, 0.25) is 0 Å². The number of benzene rings is 1. The van der Waals surface area contributed by atoms with Gasteiger partial charge in [0.15, 0.2) is 6.10 Å². The lowest BCUT2D eigenvalue weighted by molar-refractivity contribution is -0.143. The average molecular weight is 358 g/mol. The summed E-state index contributed by atoms with van der Waals surface area (Å²) in [6.07, 6.45) is -11.6. The van der Waals surface area contributed by atoms with Gasteiger partial charge in [-0.2, -0.15) is 26.3 Å². The molecule has 0 spiro atoms. The summed E-state index contributed by atoms with van der Waals surface area (Å²) in [5.41, 5.74) is -3.16. The van der Waals surface area contributed by atoms with Crippen molar-refractivity contribution in [3.63, 3.8) is 0 Å². The number of imide groups is 1. The van der Waals surface area contributed by atoms with Gasteiger partial charge < -0.3 is 10.1 Å². The molecule has 0 bridgehead atoms. The van der Waals surface area contributed by atoms with E-state index in [4.69, 9.17) is 4.74 Å². The highest BCUT2D eigenvalue weighted by Crippen LogP contribution is 2.38. The standard InChI is InChI=1S/C13H12F6N2O3/c1-6(10(22)21-11(23)20-2)24-9-4-7(12(14,15)16)3-8(5-9)13(17,18)19/h3-6H,1-2H3,(H2,20,21,22,23)/t6-/m0/s1. The molecule has 24 heavy (non-hydrogen) atoms. The number of ether oxygens (including phenoxy) is 1. The number of rotatable bonds is 3. The van der Waals surface area contributed by atoms with Gasteiger partial charge in [-0.1, -0.05) is 0 Å². The molecule has 0 aliphatic carbocycles. The molecular weight excluding hydrogens is 346 g/mol. The lowest BCUT2D eigenvalue weighted by atomic mass is 10.1. The Bertz CT molecular complexity index is 595. The summed E-state index contributed by atoms with van der Waals surface area (Å²) >= 11 is 0. The van der Waals surface area contributed by atoms with Crippen LogP contribution in [-0.4, -0.2) is 25.1 Å². The first-order chi connectivity index (χ1) is 10.8. The van der Waals surface area contributed by atoms with Crippen LogP contribution in [0.25, 0.3) is 0 Å². The number of urea groups is 1. The van der Waals surface area contributed by atoms with E-state index in [2.05, 4.69) is 0 Å². The number of alkyl halides is 6. The Kier molecular flexibility index (Phi) is 5.69. The molecule has 0 aliphatic rings. The molecule has 1 atom stereocenters. The summed E-state index contributed by atoms with van der Waals surface area (Å²) < 4.78 is 81.0. The molecule has 2 N–H and O–H groups in total. The summed E-state index contributed by atoms with van der Waals surface area (Å²) in [5.74, 6) is -1.85. The van der Waals surface area contributed by atoms with E-state index in [-0.39, 0.29) is 6.07 Å². The molecule has 0 heterocycles. The maximum absolute atomic E-state index is 12.7. The van der Waals surface area contributed by atoms with E-state index in [9.17, 15) is 35.9 Å². The summed E-state index contributed by atoms with van der Waals surface area (Å²) in [5, 5.41) is 3.83. The molecule has 0 fully saturated rings. The molecular formula is C13H12F6N2O3. The van der Waals surface area contributed by atoms with Crippen molar-refractivity contribution in [3.05, 3.63) is 29.3 Å². The molecule has 11 heteroatoms. The van der Waals surface area contributed by atoms with E-state index in [0.717, 1.165) is 6.92 Å². The van der Waals surface area contributed by atoms with Gasteiger partial charge in [-0.3, -0.25) is 10.1 Å². The third-order valence-corrected chi connectivity index (χ3v) is 2.71. The van der Waals surface area contributed by atoms with Gasteiger partial charge >= 0.3 is 18.4 Å². The maximum atomic E-state index is 12.7. The van der Waals surface area contributed by atoms with Crippen LogP contribution < -0.4 is 15.4 Å². The maximum Gasteiger partial charge on any atom is 0.416 e. The smallest absolute Gasteiger partial charge is 0.416 e. The third kappa shape index (κ3) is 5.32. The predicted octanol–water partition coefficient (Wildman–Crippen LogP) is 2.95. The van der Waals surface area contributed by atoms with Crippen molar-refractivity contribution in [1.82, 2.24) is 10.6 Å². The zero-order valence-corrected chi connectivity index (χ0v) is 12.3. The SMILES string of the molecule is CNC(=O)NC(=O)[C@H](C)Oc1cc(C(F)(F)F)cc(C(F)(F)F)c1. The van der Waals surface area contributed by atoms with Crippen LogP contribution >= 0.6 is 0 Å². The van der Waals surface area contributed by atoms with Crippen molar-refractivity contribution >= 4 is 11.9 Å². The Balaban J connectivity index is 3.10. The number of carbonyl (C=O) groups is 2. The van der Waals surface area contributed by atoms with Gasteiger partial charge in [0, 0.05) is 7.05 Å². The van der Waals surface area contributed by atoms with Crippen molar-refractivity contribution in [1.29, 1.82) is 0 Å². The highest BCUT2D eigenvalue weighted by atomic mass is 19.4. The van der Waals surface area contributed by atoms with Crippen LogP contribution in [0, 0.1) is 0 Å². The Labute approximate surface area is 132 Å². The minimum absolute atomic E-state index is 0.0673. The molecule has 0 aromatic heterocycles. The van der Waals surface area contributed by atoms with Crippen molar-refractivity contribution in [2.75, 3.05) is 7.05 Å². The molecule has 0 radical (unpaired) electrons. The number of nitrogens with one attached hydrogen (secondary N) is 2. The summed E-state index contributed by atoms with van der Waals surface area (Å²) in [6.45, 7) is 1.06. The second-order valence-electron chi connectivity index (χ2n) is 4.57. The molecule has 5 nitrogen and oxygen atoms in total. The molecule has 0 saturated heterocycles. The molecule has 0 aliphatic heterocycles. The Hall–Kier alpha value is -2.46. The first kappa shape index (κ1) is 19.6. The molecule has 1 aromatic carbocycles. The van der Waals surface area contributed by atoms with Crippen molar-refractivity contribution in [2.45, 2.75) is 25.4 Å². The number of amides is 3. The van der Waals surface area contributed by atoms with Crippen LogP contribution in [-0.2, 0) is 17.1 Å². The summed E-state index contributed by atoms with van der Waals surface area (Å²) in [7, 11) is 1.20. The first-order valence-electron chi connectivity index (χ1n) is 6.33. The lowest BCUT2D eigenvalue weighted by Gasteiger charge is -2.17. The van der Waals surface area contributed by atoms with Gasteiger partial charge in [0.25, 0.3) is 5.91 Å². The quantitative estimate of drug-likeness (QED) is 0.817. The predicted molar refractivity (Wildman–Crippen MR) is 69.1 cm³/mol. The average Bonchev–Trinajstić information content (AvgIpc) is 2.44. The van der Waals surface area contributed by atoms with Crippen molar-refractivity contribution in [2.24, 2.45) is 0 Å². The third-order valence-electron chi connectivity index (χ3n) is 2.71. The molecule has 3 amide bonds. The fourth-order valence-corrected chi connectivity index (χ4v) is 1.53. The minimum Gasteiger partial charge on any atom is -0.481 e. The van der Waals surface area contributed by atoms with Crippen LogP contribution in [0.3, 0.4) is 0 Å². The minimum atomic E-state index is -5.03. The van der Waals surface area contributed by atoms with Crippen LogP contribution in [0.5, 0.6) is 5.75 Å². The second kappa shape index (κ2) is 6.97. The van der Waals surface area contributed by atoms with Crippen molar-refractivity contribution < 1.29 is 40.7 Å². The Morgan fingerprint density at radius 2 is 1.46 bits per heavy atom. The van der Waals surface area contributed by atoms with Gasteiger partial charge in [0.2, 0.25) is 0 Å². The second-order valence-corrected chi connectivity index (χ2v) is 4.57. The number of hydrogen-bond donors (Lipinski definition) is 2. The Morgan fingerprint density at radius 3 is 1.83 bits per heavy atom. The molecule has 0 unspecified atom stereocenters. The summed E-state index contributed by atoms with van der Waals surface area (Å²) in [6, 6.07) is -0.310. The molecule has 1 rings (SSSR count). The van der Waals surface area contributed by atoms with E-state index in [1.165, 1.54) is 7.05 Å². The zero-order chi connectivity index (χ0) is 18.7. The highest BCUT2D eigenvalue weighted by Gasteiger charge is 2.37. The topological polar surface area (TPSA) is 67.4 Å². The number of hydrogen-bond acceptors (Lipinski definition) is 3. The number of carbonyl (C=O) groups excluding carboxylic acids is 2. The van der Waals surface area contributed by atoms with E-state index in [1.54, 1.807) is 5.32 Å². The van der Waals surface area contributed by atoms with Crippen LogP contribution in [0.15, 0.2) is 18.2 Å². The fourth-order valence-electron chi connectivity index (χ4n) is 1.53. The van der Waals surface area contributed by atoms with Crippen LogP contribution in [0.1, 0.15) is 18.1 Å². The normalized spacial score (nSPS) is 13.2. The van der Waals surface area contributed by atoms with Gasteiger partial charge in [-0.15, -0.1) is 0 Å². The zero-order valence-electron chi connectivity index (χ0n) is 12.3. The largest absolute Gasteiger partial charge is 0.481 e. The van der Waals surface area contributed by atoms with E-state index < -0.39 is 47.3 Å². The van der Waals surface area contributed by atoms with Gasteiger partial charge in [0.05, 0.1) is 11.1 Å². The van der Waals surface area contributed by atoms with Gasteiger partial charge in [-0.25, -0.2) is 4.79 Å². The Morgan fingerprint density at radius 1 is 1.00 bits per heavy atom. The monoisotopic (exact) mass is 358 g/mol. The fraction of sp³-hybridized carbons (Fsp3) is 0.385. The highest BCUT2D eigenvalue weighted by molar-refractivity contribution is 5.96.